The minimum absolute atomic E-state index is 0.155. The lowest BCUT2D eigenvalue weighted by Gasteiger charge is -2.16. The molecule has 2 amide bonds. The molecule has 1 aromatic carbocycles. The van der Waals surface area contributed by atoms with E-state index in [-0.39, 0.29) is 24.3 Å². The van der Waals surface area contributed by atoms with Gasteiger partial charge in [-0.1, -0.05) is 36.4 Å². The Morgan fingerprint density at radius 3 is 2.46 bits per heavy atom. The smallest absolute Gasteiger partial charge is 0.227 e. The van der Waals surface area contributed by atoms with Gasteiger partial charge < -0.3 is 10.6 Å². The average Bonchev–Trinajstić information content (AvgIpc) is 3.17. The van der Waals surface area contributed by atoms with Gasteiger partial charge in [0, 0.05) is 23.6 Å². The number of thiophene rings is 1. The van der Waals surface area contributed by atoms with Crippen LogP contribution in [0.3, 0.4) is 0 Å². The van der Waals surface area contributed by atoms with Crippen molar-refractivity contribution in [2.24, 2.45) is 0 Å². The summed E-state index contributed by atoms with van der Waals surface area (Å²) < 4.78 is 0. The monoisotopic (exact) mass is 365 g/mol. The molecule has 1 atom stereocenters. The van der Waals surface area contributed by atoms with E-state index in [9.17, 15) is 9.59 Å². The van der Waals surface area contributed by atoms with Crippen LogP contribution in [-0.4, -0.2) is 16.8 Å². The van der Waals surface area contributed by atoms with Gasteiger partial charge in [-0.3, -0.25) is 9.59 Å². The second-order valence-corrected chi connectivity index (χ2v) is 6.80. The number of pyridine rings is 1. The molecule has 0 fully saturated rings. The van der Waals surface area contributed by atoms with Crippen LogP contribution in [-0.2, 0) is 9.59 Å². The lowest BCUT2D eigenvalue weighted by molar-refractivity contribution is -0.120. The molecule has 132 valence electrons. The number of carbonyl (C=O) groups is 2. The lowest BCUT2D eigenvalue weighted by Crippen LogP contribution is -2.29. The third kappa shape index (κ3) is 4.77. The minimum Gasteiger partial charge on any atom is -0.348 e. The van der Waals surface area contributed by atoms with E-state index < -0.39 is 0 Å². The Bertz CT molecular complexity index is 862. The highest BCUT2D eigenvalue weighted by Crippen LogP contribution is 2.23. The Balaban J connectivity index is 1.64. The maximum Gasteiger partial charge on any atom is 0.227 e. The molecule has 26 heavy (non-hydrogen) atoms. The minimum atomic E-state index is -0.337. The fourth-order valence-electron chi connectivity index (χ4n) is 2.61. The summed E-state index contributed by atoms with van der Waals surface area (Å²) in [6.07, 6.45) is 1.89. The first-order valence-corrected chi connectivity index (χ1v) is 9.11. The van der Waals surface area contributed by atoms with Gasteiger partial charge in [-0.05, 0) is 29.1 Å². The predicted molar refractivity (Wildman–Crippen MR) is 104 cm³/mol. The summed E-state index contributed by atoms with van der Waals surface area (Å²) in [6, 6.07) is 17.1. The van der Waals surface area contributed by atoms with Crippen LogP contribution >= 0.6 is 11.3 Å². The van der Waals surface area contributed by atoms with E-state index in [0.29, 0.717) is 5.82 Å². The molecule has 6 heteroatoms. The van der Waals surface area contributed by atoms with E-state index in [2.05, 4.69) is 15.6 Å². The summed E-state index contributed by atoms with van der Waals surface area (Å²) in [5, 5.41) is 7.53. The van der Waals surface area contributed by atoms with Crippen molar-refractivity contribution in [1.82, 2.24) is 10.3 Å². The van der Waals surface area contributed by atoms with E-state index in [4.69, 9.17) is 0 Å². The molecular weight excluding hydrogens is 346 g/mol. The van der Waals surface area contributed by atoms with E-state index in [0.717, 1.165) is 16.0 Å². The Morgan fingerprint density at radius 2 is 1.85 bits per heavy atom. The maximum atomic E-state index is 12.4. The van der Waals surface area contributed by atoms with Crippen LogP contribution in [0.4, 0.5) is 5.82 Å². The molecule has 0 saturated carbocycles. The molecule has 2 aromatic heterocycles. The van der Waals surface area contributed by atoms with Gasteiger partial charge in [-0.2, -0.15) is 0 Å². The molecule has 0 aliphatic heterocycles. The van der Waals surface area contributed by atoms with Gasteiger partial charge in [0.25, 0.3) is 0 Å². The number of hydrogen-bond acceptors (Lipinski definition) is 4. The van der Waals surface area contributed by atoms with Crippen molar-refractivity contribution >= 4 is 29.0 Å². The van der Waals surface area contributed by atoms with E-state index in [1.165, 1.54) is 18.3 Å². The molecule has 0 aliphatic rings. The number of benzene rings is 1. The second kappa shape index (κ2) is 8.40. The molecule has 3 rings (SSSR count). The predicted octanol–water partition coefficient (Wildman–Crippen LogP) is 4.02. The van der Waals surface area contributed by atoms with Crippen LogP contribution in [0.1, 0.15) is 24.3 Å². The van der Waals surface area contributed by atoms with Gasteiger partial charge in [0.15, 0.2) is 0 Å². The fourth-order valence-corrected chi connectivity index (χ4v) is 3.38. The molecule has 1 unspecified atom stereocenters. The van der Waals surface area contributed by atoms with Crippen LogP contribution in [0, 0.1) is 0 Å². The zero-order valence-corrected chi connectivity index (χ0v) is 15.1. The van der Waals surface area contributed by atoms with Gasteiger partial charge in [0.05, 0.1) is 12.5 Å². The van der Waals surface area contributed by atoms with Crippen LogP contribution in [0.5, 0.6) is 0 Å². The first kappa shape index (κ1) is 17.8. The Labute approximate surface area is 156 Å². The van der Waals surface area contributed by atoms with Crippen LogP contribution < -0.4 is 10.6 Å². The highest BCUT2D eigenvalue weighted by atomic mass is 32.1. The van der Waals surface area contributed by atoms with Crippen molar-refractivity contribution in [2.75, 3.05) is 5.32 Å². The maximum absolute atomic E-state index is 12.4. The zero-order valence-electron chi connectivity index (χ0n) is 14.3. The molecule has 0 spiro atoms. The van der Waals surface area contributed by atoms with Crippen LogP contribution in [0.2, 0.25) is 0 Å². The van der Waals surface area contributed by atoms with Gasteiger partial charge in [0.2, 0.25) is 11.8 Å². The number of nitrogens with zero attached hydrogens (tertiary/aromatic N) is 1. The SMILES string of the molecule is CC(=O)NC(CC(=O)Nc1ccc(-c2ccccc2)cn1)c1cccs1. The molecule has 3 aromatic rings. The quantitative estimate of drug-likeness (QED) is 0.693. The first-order chi connectivity index (χ1) is 12.6. The van der Waals surface area contributed by atoms with Crippen molar-refractivity contribution in [3.8, 4) is 11.1 Å². The average molecular weight is 365 g/mol. The number of aromatic nitrogens is 1. The molecule has 2 heterocycles. The molecule has 0 bridgehead atoms. The molecule has 0 aliphatic carbocycles. The summed E-state index contributed by atoms with van der Waals surface area (Å²) in [7, 11) is 0. The number of carbonyl (C=O) groups excluding carboxylic acids is 2. The Kier molecular flexibility index (Phi) is 5.76. The topological polar surface area (TPSA) is 71.1 Å². The summed E-state index contributed by atoms with van der Waals surface area (Å²) in [6.45, 7) is 1.45. The third-order valence-corrected chi connectivity index (χ3v) is 4.78. The third-order valence-electron chi connectivity index (χ3n) is 3.79. The highest BCUT2D eigenvalue weighted by molar-refractivity contribution is 7.10. The fraction of sp³-hybridized carbons (Fsp3) is 0.150. The number of rotatable bonds is 6. The number of hydrogen-bond donors (Lipinski definition) is 2. The largest absolute Gasteiger partial charge is 0.348 e. The van der Waals surface area contributed by atoms with Crippen molar-refractivity contribution in [3.63, 3.8) is 0 Å². The van der Waals surface area contributed by atoms with Crippen molar-refractivity contribution in [3.05, 3.63) is 71.1 Å². The number of nitrogens with one attached hydrogen (secondary N) is 2. The van der Waals surface area contributed by atoms with E-state index in [1.807, 2.05) is 53.9 Å². The summed E-state index contributed by atoms with van der Waals surface area (Å²) in [5.74, 6) is 0.126. The molecular formula is C20H19N3O2S. The summed E-state index contributed by atoms with van der Waals surface area (Å²) in [4.78, 5) is 29.0. The summed E-state index contributed by atoms with van der Waals surface area (Å²) >= 11 is 1.51. The van der Waals surface area contributed by atoms with Crippen LogP contribution in [0.25, 0.3) is 11.1 Å². The van der Waals surface area contributed by atoms with E-state index >= 15 is 0 Å². The standard InChI is InChI=1S/C20H19N3O2S/c1-14(24)22-17(18-8-5-11-26-18)12-20(25)23-19-10-9-16(13-21-19)15-6-3-2-4-7-15/h2-11,13,17H,12H2,1H3,(H,22,24)(H,21,23,25). The van der Waals surface area contributed by atoms with Crippen molar-refractivity contribution < 1.29 is 9.59 Å². The van der Waals surface area contributed by atoms with Crippen molar-refractivity contribution in [1.29, 1.82) is 0 Å². The Morgan fingerprint density at radius 1 is 1.04 bits per heavy atom. The van der Waals surface area contributed by atoms with Gasteiger partial charge >= 0.3 is 0 Å². The van der Waals surface area contributed by atoms with Gasteiger partial charge in [0.1, 0.15) is 5.82 Å². The number of anilines is 1. The van der Waals surface area contributed by atoms with Gasteiger partial charge in [-0.25, -0.2) is 4.98 Å². The normalized spacial score (nSPS) is 11.6. The zero-order chi connectivity index (χ0) is 18.4. The van der Waals surface area contributed by atoms with Gasteiger partial charge in [-0.15, -0.1) is 11.3 Å². The van der Waals surface area contributed by atoms with E-state index in [1.54, 1.807) is 12.3 Å². The molecule has 0 radical (unpaired) electrons. The lowest BCUT2D eigenvalue weighted by atomic mass is 10.1. The summed E-state index contributed by atoms with van der Waals surface area (Å²) in [5.41, 5.74) is 2.06. The number of amides is 2. The van der Waals surface area contributed by atoms with Crippen LogP contribution in [0.15, 0.2) is 66.2 Å². The molecule has 0 saturated heterocycles. The first-order valence-electron chi connectivity index (χ1n) is 8.23. The molecule has 5 nitrogen and oxygen atoms in total. The second-order valence-electron chi connectivity index (χ2n) is 5.82. The molecule has 2 N–H and O–H groups in total. The Hall–Kier alpha value is -2.99. The van der Waals surface area contributed by atoms with Crippen molar-refractivity contribution in [2.45, 2.75) is 19.4 Å². The highest BCUT2D eigenvalue weighted by Gasteiger charge is 2.18.